The van der Waals surface area contributed by atoms with E-state index in [2.05, 4.69) is 15.5 Å². The van der Waals surface area contributed by atoms with Gasteiger partial charge in [-0.25, -0.2) is 4.79 Å². The summed E-state index contributed by atoms with van der Waals surface area (Å²) in [6, 6.07) is 1.18. The Labute approximate surface area is 127 Å². The van der Waals surface area contributed by atoms with Crippen molar-refractivity contribution in [1.29, 1.82) is 0 Å². The fourth-order valence-electron chi connectivity index (χ4n) is 2.20. The molecule has 2 aromatic rings. The Hall–Kier alpha value is -2.64. The van der Waals surface area contributed by atoms with E-state index in [1.807, 2.05) is 31.6 Å². The lowest BCUT2D eigenvalue weighted by molar-refractivity contribution is -0.122. The highest BCUT2D eigenvalue weighted by atomic mass is 16.4. The number of carbonyl (C=O) groups excluding carboxylic acids is 1. The van der Waals surface area contributed by atoms with Gasteiger partial charge in [-0.05, 0) is 26.8 Å². The quantitative estimate of drug-likeness (QED) is 0.828. The van der Waals surface area contributed by atoms with Crippen LogP contribution in [0.1, 0.15) is 41.6 Å². The predicted molar refractivity (Wildman–Crippen MR) is 78.4 cm³/mol. The Morgan fingerprint density at radius 3 is 2.64 bits per heavy atom. The Balaban J connectivity index is 1.98. The fourth-order valence-corrected chi connectivity index (χ4v) is 2.20. The zero-order valence-electron chi connectivity index (χ0n) is 12.8. The van der Waals surface area contributed by atoms with E-state index in [4.69, 9.17) is 5.11 Å². The van der Waals surface area contributed by atoms with Crippen molar-refractivity contribution in [2.24, 2.45) is 0 Å². The number of hydrogen-bond acceptors (Lipinski definition) is 4. The molecule has 0 aromatic carbocycles. The first-order chi connectivity index (χ1) is 10.4. The maximum atomic E-state index is 12.0. The van der Waals surface area contributed by atoms with Gasteiger partial charge in [-0.15, -0.1) is 0 Å². The molecule has 118 valence electrons. The van der Waals surface area contributed by atoms with E-state index in [0.717, 1.165) is 17.8 Å². The summed E-state index contributed by atoms with van der Waals surface area (Å²) >= 11 is 0. The fraction of sp³-hybridized carbons (Fsp3) is 0.429. The number of carboxylic acids is 1. The van der Waals surface area contributed by atoms with Gasteiger partial charge in [0.25, 0.3) is 0 Å². The van der Waals surface area contributed by atoms with Gasteiger partial charge in [-0.1, -0.05) is 0 Å². The van der Waals surface area contributed by atoms with E-state index in [0.29, 0.717) is 0 Å². The number of carboxylic acid groups (broad SMARTS) is 1. The van der Waals surface area contributed by atoms with Gasteiger partial charge in [0, 0.05) is 24.5 Å². The molecule has 0 aliphatic heterocycles. The van der Waals surface area contributed by atoms with E-state index in [1.54, 1.807) is 0 Å². The molecule has 2 heterocycles. The van der Waals surface area contributed by atoms with Crippen LogP contribution in [0.3, 0.4) is 0 Å². The monoisotopic (exact) mass is 305 g/mol. The van der Waals surface area contributed by atoms with Crippen LogP contribution in [-0.2, 0) is 17.9 Å². The predicted octanol–water partition coefficient (Wildman–Crippen LogP) is 0.984. The van der Waals surface area contributed by atoms with Crippen molar-refractivity contribution in [3.63, 3.8) is 0 Å². The number of aromatic nitrogens is 4. The Morgan fingerprint density at radius 1 is 1.36 bits per heavy atom. The molecule has 0 saturated carbocycles. The van der Waals surface area contributed by atoms with E-state index >= 15 is 0 Å². The van der Waals surface area contributed by atoms with Crippen LogP contribution < -0.4 is 5.32 Å². The highest BCUT2D eigenvalue weighted by Crippen LogP contribution is 2.15. The molecule has 0 aliphatic carbocycles. The minimum Gasteiger partial charge on any atom is -0.476 e. The van der Waals surface area contributed by atoms with Gasteiger partial charge in [0.15, 0.2) is 5.69 Å². The molecule has 0 bridgehead atoms. The number of hydrogen-bond donors (Lipinski definition) is 2. The van der Waals surface area contributed by atoms with Crippen molar-refractivity contribution >= 4 is 11.9 Å². The minimum atomic E-state index is -1.12. The van der Waals surface area contributed by atoms with Gasteiger partial charge in [-0.2, -0.15) is 10.2 Å². The number of aryl methyl sites for hydroxylation is 2. The number of aromatic carboxylic acids is 1. The van der Waals surface area contributed by atoms with Crippen molar-refractivity contribution in [3.8, 4) is 0 Å². The van der Waals surface area contributed by atoms with Crippen LogP contribution >= 0.6 is 0 Å². The van der Waals surface area contributed by atoms with Crippen LogP contribution in [0.5, 0.6) is 0 Å². The molecule has 1 atom stereocenters. The number of carbonyl (C=O) groups is 2. The Morgan fingerprint density at radius 2 is 2.09 bits per heavy atom. The van der Waals surface area contributed by atoms with Crippen LogP contribution in [0.15, 0.2) is 18.5 Å². The minimum absolute atomic E-state index is 0.0292. The van der Waals surface area contributed by atoms with Crippen molar-refractivity contribution in [1.82, 2.24) is 24.9 Å². The molecule has 0 aliphatic rings. The standard InChI is InChI=1S/C14H19N5O3/c1-4-18-7-11(10(3)16-18)9(2)15-13(20)8-19-6-5-12(17-19)14(21)22/h5-7,9H,4,8H2,1-3H3,(H,15,20)(H,21,22). The van der Waals surface area contributed by atoms with Crippen molar-refractivity contribution in [3.05, 3.63) is 35.4 Å². The van der Waals surface area contributed by atoms with Crippen LogP contribution in [-0.4, -0.2) is 36.5 Å². The van der Waals surface area contributed by atoms with Crippen LogP contribution in [0, 0.1) is 6.92 Å². The summed E-state index contributed by atoms with van der Waals surface area (Å²) in [5.41, 5.74) is 1.75. The van der Waals surface area contributed by atoms with E-state index in [-0.39, 0.29) is 24.2 Å². The van der Waals surface area contributed by atoms with Gasteiger partial charge in [-0.3, -0.25) is 14.2 Å². The average Bonchev–Trinajstić information content (AvgIpc) is 3.05. The summed E-state index contributed by atoms with van der Waals surface area (Å²) in [7, 11) is 0. The number of amides is 1. The van der Waals surface area contributed by atoms with Gasteiger partial charge in [0.2, 0.25) is 5.91 Å². The molecule has 0 fully saturated rings. The summed E-state index contributed by atoms with van der Waals surface area (Å²) in [5, 5.41) is 19.8. The molecular weight excluding hydrogens is 286 g/mol. The van der Waals surface area contributed by atoms with Gasteiger partial charge in [0.05, 0.1) is 11.7 Å². The lowest BCUT2D eigenvalue weighted by Crippen LogP contribution is -2.30. The molecule has 8 nitrogen and oxygen atoms in total. The maximum absolute atomic E-state index is 12.0. The molecule has 2 N–H and O–H groups in total. The van der Waals surface area contributed by atoms with E-state index in [9.17, 15) is 9.59 Å². The third kappa shape index (κ3) is 3.51. The average molecular weight is 305 g/mol. The van der Waals surface area contributed by atoms with E-state index < -0.39 is 5.97 Å². The molecule has 2 aromatic heterocycles. The second-order valence-electron chi connectivity index (χ2n) is 5.02. The first kappa shape index (κ1) is 15.7. The van der Waals surface area contributed by atoms with Crippen molar-refractivity contribution < 1.29 is 14.7 Å². The topological polar surface area (TPSA) is 102 Å². The first-order valence-corrected chi connectivity index (χ1v) is 7.00. The lowest BCUT2D eigenvalue weighted by atomic mass is 10.1. The molecule has 2 rings (SSSR count). The number of nitrogens with zero attached hydrogens (tertiary/aromatic N) is 4. The SMILES string of the molecule is CCn1cc(C(C)NC(=O)Cn2ccc(C(=O)O)n2)c(C)n1. The smallest absolute Gasteiger partial charge is 0.356 e. The Bertz CT molecular complexity index is 688. The zero-order valence-corrected chi connectivity index (χ0v) is 12.8. The van der Waals surface area contributed by atoms with Gasteiger partial charge in [0.1, 0.15) is 6.54 Å². The summed E-state index contributed by atoms with van der Waals surface area (Å²) in [6.07, 6.45) is 3.38. The molecule has 0 radical (unpaired) electrons. The third-order valence-corrected chi connectivity index (χ3v) is 3.32. The lowest BCUT2D eigenvalue weighted by Gasteiger charge is -2.13. The van der Waals surface area contributed by atoms with Crippen molar-refractivity contribution in [2.75, 3.05) is 0 Å². The Kier molecular flexibility index (Phi) is 4.59. The van der Waals surface area contributed by atoms with Gasteiger partial charge >= 0.3 is 5.97 Å². The molecular formula is C14H19N5O3. The number of nitrogens with one attached hydrogen (secondary N) is 1. The summed E-state index contributed by atoms with van der Waals surface area (Å²) < 4.78 is 3.12. The molecule has 0 spiro atoms. The molecule has 0 saturated heterocycles. The van der Waals surface area contributed by atoms with Crippen molar-refractivity contribution in [2.45, 2.75) is 39.9 Å². The van der Waals surface area contributed by atoms with Crippen LogP contribution in [0.2, 0.25) is 0 Å². The van der Waals surface area contributed by atoms with Gasteiger partial charge < -0.3 is 10.4 Å². The molecule has 1 amide bonds. The summed E-state index contributed by atoms with van der Waals surface area (Å²) in [6.45, 7) is 6.52. The largest absolute Gasteiger partial charge is 0.476 e. The zero-order chi connectivity index (χ0) is 16.3. The molecule has 8 heteroatoms. The maximum Gasteiger partial charge on any atom is 0.356 e. The summed E-state index contributed by atoms with van der Waals surface area (Å²) in [4.78, 5) is 22.8. The molecule has 22 heavy (non-hydrogen) atoms. The third-order valence-electron chi connectivity index (χ3n) is 3.32. The van der Waals surface area contributed by atoms with E-state index in [1.165, 1.54) is 16.9 Å². The first-order valence-electron chi connectivity index (χ1n) is 7.00. The van der Waals surface area contributed by atoms with Crippen LogP contribution in [0.4, 0.5) is 0 Å². The normalized spacial score (nSPS) is 12.1. The summed E-state index contributed by atoms with van der Waals surface area (Å²) in [5.74, 6) is -1.36. The number of rotatable bonds is 6. The highest BCUT2D eigenvalue weighted by Gasteiger charge is 2.15. The molecule has 1 unspecified atom stereocenters. The highest BCUT2D eigenvalue weighted by molar-refractivity contribution is 5.85. The van der Waals surface area contributed by atoms with Crippen LogP contribution in [0.25, 0.3) is 0 Å². The second-order valence-corrected chi connectivity index (χ2v) is 5.02. The second kappa shape index (κ2) is 6.42.